The summed E-state index contributed by atoms with van der Waals surface area (Å²) in [5.74, 6) is 1.76. The summed E-state index contributed by atoms with van der Waals surface area (Å²) < 4.78 is 5.17. The van der Waals surface area contributed by atoms with Crippen molar-refractivity contribution in [2.75, 3.05) is 32.1 Å². The number of carbonyl (C=O) groups excluding carboxylic acids is 2. The van der Waals surface area contributed by atoms with Crippen LogP contribution in [0.4, 0.5) is 10.5 Å². The molecule has 204 valence electrons. The molecular weight excluding hydrogens is 492 g/mol. The molecule has 2 aliphatic carbocycles. The van der Waals surface area contributed by atoms with Crippen LogP contribution in [0.15, 0.2) is 29.4 Å². The topological polar surface area (TPSA) is 83.5 Å². The summed E-state index contributed by atoms with van der Waals surface area (Å²) >= 11 is 0. The highest BCUT2D eigenvalue weighted by Gasteiger charge is 2.65. The van der Waals surface area contributed by atoms with Crippen molar-refractivity contribution >= 4 is 35.8 Å². The minimum Gasteiger partial charge on any atom is -0.497 e. The lowest BCUT2D eigenvalue weighted by Crippen LogP contribution is -2.57. The van der Waals surface area contributed by atoms with Crippen LogP contribution in [-0.2, 0) is 9.63 Å². The second kappa shape index (κ2) is 10.4. The van der Waals surface area contributed by atoms with Gasteiger partial charge < -0.3 is 9.64 Å². The summed E-state index contributed by atoms with van der Waals surface area (Å²) in [6.07, 6.45) is 4.43. The molecule has 8 nitrogen and oxygen atoms in total. The minimum absolute atomic E-state index is 0. The zero-order valence-electron chi connectivity index (χ0n) is 22.7. The van der Waals surface area contributed by atoms with Gasteiger partial charge in [0.15, 0.2) is 0 Å². The fourth-order valence-corrected chi connectivity index (χ4v) is 7.59. The second-order valence-electron chi connectivity index (χ2n) is 11.8. The lowest BCUT2D eigenvalue weighted by atomic mass is 9.70. The van der Waals surface area contributed by atoms with Crippen LogP contribution in [0.1, 0.15) is 59.8 Å². The van der Waals surface area contributed by atoms with Crippen LogP contribution in [0.3, 0.4) is 0 Å². The van der Waals surface area contributed by atoms with Gasteiger partial charge >= 0.3 is 6.09 Å². The smallest absolute Gasteiger partial charge is 0.437 e. The Morgan fingerprint density at radius 1 is 1.08 bits per heavy atom. The third-order valence-corrected chi connectivity index (χ3v) is 9.87. The van der Waals surface area contributed by atoms with Gasteiger partial charge in [0, 0.05) is 55.2 Å². The van der Waals surface area contributed by atoms with Crippen LogP contribution >= 0.6 is 12.4 Å². The summed E-state index contributed by atoms with van der Waals surface area (Å²) in [5.41, 5.74) is 1.65. The van der Waals surface area contributed by atoms with Gasteiger partial charge in [-0.3, -0.25) is 19.8 Å². The van der Waals surface area contributed by atoms with E-state index in [9.17, 15) is 9.59 Å². The summed E-state index contributed by atoms with van der Waals surface area (Å²) in [6.45, 7) is 11.7. The molecule has 0 aromatic heterocycles. The number of methoxy groups -OCH3 is 1. The van der Waals surface area contributed by atoms with Gasteiger partial charge in [0.1, 0.15) is 5.75 Å². The standard InChI is InChI=1S/C28H40N4O4.ClH/c1-6-24(33)32-19-9-10-20(32)16-31(15-19)17-22-23-13-14-28(4,27(23,2)3)25(22)30-36-26(34)29-18-7-11-21(35-5)12-8-18;/h7-8,11-12,19-20,22-23H,6,9-10,13-17H2,1-5H3,(H,29,34);1H/b30-25-;. The summed E-state index contributed by atoms with van der Waals surface area (Å²) in [7, 11) is 1.61. The number of amides is 2. The summed E-state index contributed by atoms with van der Waals surface area (Å²) in [5, 5.41) is 7.31. The van der Waals surface area contributed by atoms with Crippen molar-refractivity contribution in [3.63, 3.8) is 0 Å². The van der Waals surface area contributed by atoms with Crippen molar-refractivity contribution in [3.8, 4) is 5.75 Å². The Labute approximate surface area is 226 Å². The Kier molecular flexibility index (Phi) is 7.82. The van der Waals surface area contributed by atoms with Crippen LogP contribution in [0.5, 0.6) is 5.75 Å². The number of anilines is 1. The van der Waals surface area contributed by atoms with Gasteiger partial charge in [0.05, 0.1) is 12.8 Å². The Morgan fingerprint density at radius 3 is 2.32 bits per heavy atom. The molecule has 4 fully saturated rings. The van der Waals surface area contributed by atoms with Crippen LogP contribution in [0, 0.1) is 22.7 Å². The van der Waals surface area contributed by atoms with Crippen molar-refractivity contribution in [1.29, 1.82) is 0 Å². The highest BCUT2D eigenvalue weighted by Crippen LogP contribution is 2.66. The van der Waals surface area contributed by atoms with E-state index in [0.29, 0.717) is 30.1 Å². The number of carbonyl (C=O) groups is 2. The fourth-order valence-electron chi connectivity index (χ4n) is 7.59. The van der Waals surface area contributed by atoms with Gasteiger partial charge in [0.25, 0.3) is 0 Å². The normalized spacial score (nSPS) is 32.8. The molecule has 5 atom stereocenters. The molecule has 2 saturated heterocycles. The number of nitrogens with one attached hydrogen (secondary N) is 1. The van der Waals surface area contributed by atoms with Crippen molar-refractivity contribution in [2.24, 2.45) is 27.8 Å². The summed E-state index contributed by atoms with van der Waals surface area (Å²) in [4.78, 5) is 35.3. The Hall–Kier alpha value is -2.32. The van der Waals surface area contributed by atoms with E-state index < -0.39 is 6.09 Å². The molecule has 2 saturated carbocycles. The first-order valence-corrected chi connectivity index (χ1v) is 13.4. The van der Waals surface area contributed by atoms with Gasteiger partial charge in [-0.15, -0.1) is 12.4 Å². The molecule has 1 aromatic rings. The number of hydrogen-bond acceptors (Lipinski definition) is 6. The number of likely N-dealkylation sites (tertiary alicyclic amines) is 1. The maximum Gasteiger partial charge on any atom is 0.437 e. The van der Waals surface area contributed by atoms with E-state index in [2.05, 4.69) is 41.0 Å². The number of piperazine rings is 1. The second-order valence-corrected chi connectivity index (χ2v) is 11.8. The molecule has 2 heterocycles. The number of halogens is 1. The molecule has 4 bridgehead atoms. The molecule has 5 unspecified atom stereocenters. The molecule has 2 aliphatic heterocycles. The average molecular weight is 533 g/mol. The quantitative estimate of drug-likeness (QED) is 0.403. The number of ether oxygens (including phenoxy) is 1. The Balaban J connectivity index is 0.00000320. The number of oxime groups is 1. The van der Waals surface area contributed by atoms with E-state index in [4.69, 9.17) is 9.57 Å². The zero-order chi connectivity index (χ0) is 25.7. The maximum atomic E-state index is 12.6. The number of rotatable bonds is 6. The predicted molar refractivity (Wildman–Crippen MR) is 146 cm³/mol. The first-order valence-electron chi connectivity index (χ1n) is 13.4. The van der Waals surface area contributed by atoms with Gasteiger partial charge in [0.2, 0.25) is 5.91 Å². The Morgan fingerprint density at radius 2 is 1.73 bits per heavy atom. The van der Waals surface area contributed by atoms with Gasteiger partial charge in [-0.05, 0) is 61.3 Å². The van der Waals surface area contributed by atoms with Gasteiger partial charge in [-0.2, -0.15) is 0 Å². The molecular formula is C28H41ClN4O4. The van der Waals surface area contributed by atoms with Crippen molar-refractivity contribution in [1.82, 2.24) is 9.80 Å². The molecule has 1 N–H and O–H groups in total. The van der Waals surface area contributed by atoms with Crippen molar-refractivity contribution in [2.45, 2.75) is 71.9 Å². The zero-order valence-corrected chi connectivity index (χ0v) is 23.5. The van der Waals surface area contributed by atoms with Crippen molar-refractivity contribution < 1.29 is 19.2 Å². The third-order valence-electron chi connectivity index (χ3n) is 9.87. The largest absolute Gasteiger partial charge is 0.497 e. The Bertz CT molecular complexity index is 1030. The van der Waals surface area contributed by atoms with Crippen LogP contribution in [0.2, 0.25) is 0 Å². The SMILES string of the molecule is CCC(=O)N1C2CCC1CN(CC1/C(=N/OC(=O)Nc3ccc(OC)cc3)C3(C)CCC1C3(C)C)C2.Cl. The molecule has 37 heavy (non-hydrogen) atoms. The van der Waals surface area contributed by atoms with E-state index in [0.717, 1.165) is 50.4 Å². The monoisotopic (exact) mass is 532 g/mol. The van der Waals surface area contributed by atoms with E-state index >= 15 is 0 Å². The highest BCUT2D eigenvalue weighted by atomic mass is 35.5. The minimum atomic E-state index is -0.583. The molecule has 9 heteroatoms. The van der Waals surface area contributed by atoms with E-state index in [1.807, 2.05) is 6.92 Å². The maximum absolute atomic E-state index is 12.6. The van der Waals surface area contributed by atoms with Gasteiger partial charge in [-0.1, -0.05) is 32.9 Å². The number of benzene rings is 1. The molecule has 2 amide bonds. The lowest BCUT2D eigenvalue weighted by molar-refractivity contribution is -0.136. The van der Waals surface area contributed by atoms with Crippen molar-refractivity contribution in [3.05, 3.63) is 24.3 Å². The lowest BCUT2D eigenvalue weighted by Gasteiger charge is -2.43. The third kappa shape index (κ3) is 4.71. The van der Waals surface area contributed by atoms with Crippen LogP contribution in [0.25, 0.3) is 0 Å². The first kappa shape index (κ1) is 27.7. The molecule has 0 radical (unpaired) electrons. The molecule has 5 rings (SSSR count). The number of fused-ring (bicyclic) bond motifs is 4. The summed E-state index contributed by atoms with van der Waals surface area (Å²) in [6, 6.07) is 7.77. The number of nitrogens with zero attached hydrogens (tertiary/aromatic N) is 3. The number of hydrogen-bond donors (Lipinski definition) is 1. The predicted octanol–water partition coefficient (Wildman–Crippen LogP) is 5.18. The highest BCUT2D eigenvalue weighted by molar-refractivity contribution is 5.97. The van der Waals surface area contributed by atoms with Crippen LogP contribution < -0.4 is 10.1 Å². The van der Waals surface area contributed by atoms with Crippen LogP contribution in [-0.4, -0.2) is 66.3 Å². The van der Waals surface area contributed by atoms with E-state index in [-0.39, 0.29) is 35.1 Å². The van der Waals surface area contributed by atoms with E-state index in [1.54, 1.807) is 31.4 Å². The van der Waals surface area contributed by atoms with Gasteiger partial charge in [-0.25, -0.2) is 4.79 Å². The van der Waals surface area contributed by atoms with E-state index in [1.165, 1.54) is 6.42 Å². The molecule has 1 aromatic carbocycles. The first-order chi connectivity index (χ1) is 17.2. The average Bonchev–Trinajstić information content (AvgIpc) is 3.32. The molecule has 4 aliphatic rings. The fraction of sp³-hybridized carbons (Fsp3) is 0.679. The molecule has 0 spiro atoms.